The van der Waals surface area contributed by atoms with Gasteiger partial charge in [-0.15, -0.1) is 0 Å². The van der Waals surface area contributed by atoms with Crippen LogP contribution in [0.25, 0.3) is 11.3 Å². The first-order valence-corrected chi connectivity index (χ1v) is 8.13. The van der Waals surface area contributed by atoms with Gasteiger partial charge in [0.05, 0.1) is 25.8 Å². The average molecular weight is 370 g/mol. The lowest BCUT2D eigenvalue weighted by Crippen LogP contribution is -2.33. The molecule has 2 amide bonds. The smallest absolute Gasteiger partial charge is 0.245 e. The van der Waals surface area contributed by atoms with Gasteiger partial charge in [0.15, 0.2) is 11.6 Å². The van der Waals surface area contributed by atoms with Gasteiger partial charge in [0.25, 0.3) is 0 Å². The van der Waals surface area contributed by atoms with Crippen LogP contribution in [0, 0.1) is 6.92 Å². The minimum atomic E-state index is -0.408. The maximum Gasteiger partial charge on any atom is 0.245 e. The second kappa shape index (κ2) is 8.17. The summed E-state index contributed by atoms with van der Waals surface area (Å²) < 4.78 is 15.3. The Balaban J connectivity index is 1.51. The predicted octanol–water partition coefficient (Wildman–Crippen LogP) is 1.94. The molecule has 0 spiro atoms. The van der Waals surface area contributed by atoms with E-state index >= 15 is 0 Å². The van der Waals surface area contributed by atoms with Crippen LogP contribution in [0.4, 0.5) is 5.82 Å². The van der Waals surface area contributed by atoms with E-state index in [1.807, 2.05) is 18.2 Å². The van der Waals surface area contributed by atoms with Gasteiger partial charge in [-0.1, -0.05) is 22.4 Å². The Morgan fingerprint density at radius 1 is 1.11 bits per heavy atom. The van der Waals surface area contributed by atoms with E-state index in [0.29, 0.717) is 28.8 Å². The summed E-state index contributed by atoms with van der Waals surface area (Å²) in [6.45, 7) is 1.52. The zero-order chi connectivity index (χ0) is 19.2. The van der Waals surface area contributed by atoms with Crippen molar-refractivity contribution in [2.45, 2.75) is 13.3 Å². The van der Waals surface area contributed by atoms with Crippen LogP contribution in [0.3, 0.4) is 0 Å². The quantitative estimate of drug-likeness (QED) is 0.652. The summed E-state index contributed by atoms with van der Waals surface area (Å²) in [4.78, 5) is 23.8. The van der Waals surface area contributed by atoms with Gasteiger partial charge in [0.1, 0.15) is 11.5 Å². The van der Waals surface area contributed by atoms with E-state index in [1.165, 1.54) is 0 Å². The lowest BCUT2D eigenvalue weighted by molar-refractivity contribution is -0.123. The lowest BCUT2D eigenvalue weighted by atomic mass is 10.1. The van der Waals surface area contributed by atoms with E-state index in [4.69, 9.17) is 13.8 Å². The second-order valence-corrected chi connectivity index (χ2v) is 5.74. The zero-order valence-corrected chi connectivity index (χ0v) is 14.8. The van der Waals surface area contributed by atoms with Crippen molar-refractivity contribution in [1.29, 1.82) is 0 Å². The largest absolute Gasteiger partial charge is 0.497 e. The van der Waals surface area contributed by atoms with Crippen molar-refractivity contribution in [2.24, 2.45) is 0 Å². The number of hydrogen-bond acceptors (Lipinski definition) is 7. The number of carbonyl (C=O) groups excluding carboxylic acids is 2. The summed E-state index contributed by atoms with van der Waals surface area (Å²) in [5, 5.41) is 12.6. The Bertz CT molecular complexity index is 947. The molecule has 0 unspecified atom stereocenters. The molecule has 2 aromatic heterocycles. The van der Waals surface area contributed by atoms with Gasteiger partial charge in [-0.2, -0.15) is 0 Å². The SMILES string of the molecule is COc1cccc(-c2cc(CC(=O)NCC(=O)Nc3cc(C)on3)no2)c1. The monoisotopic (exact) mass is 370 g/mol. The highest BCUT2D eigenvalue weighted by molar-refractivity contribution is 5.94. The molecule has 0 atom stereocenters. The molecule has 0 aliphatic carbocycles. The van der Waals surface area contributed by atoms with Crippen LogP contribution in [-0.2, 0) is 16.0 Å². The number of nitrogens with zero attached hydrogens (tertiary/aromatic N) is 2. The molecule has 0 bridgehead atoms. The molecule has 0 aliphatic rings. The molecule has 9 nitrogen and oxygen atoms in total. The van der Waals surface area contributed by atoms with E-state index < -0.39 is 5.91 Å². The minimum Gasteiger partial charge on any atom is -0.497 e. The number of nitrogens with one attached hydrogen (secondary N) is 2. The summed E-state index contributed by atoms with van der Waals surface area (Å²) in [5.74, 6) is 1.33. The zero-order valence-electron chi connectivity index (χ0n) is 14.8. The van der Waals surface area contributed by atoms with Gasteiger partial charge in [0.2, 0.25) is 11.8 Å². The number of anilines is 1. The molecule has 1 aromatic carbocycles. The number of methoxy groups -OCH3 is 1. The fraction of sp³-hybridized carbons (Fsp3) is 0.222. The van der Waals surface area contributed by atoms with Gasteiger partial charge >= 0.3 is 0 Å². The molecule has 3 aromatic rings. The number of amides is 2. The highest BCUT2D eigenvalue weighted by Gasteiger charge is 2.13. The van der Waals surface area contributed by atoms with Gasteiger partial charge in [-0.25, -0.2) is 0 Å². The Hall–Kier alpha value is -3.62. The molecule has 0 radical (unpaired) electrons. The molecule has 0 saturated carbocycles. The third-order valence-corrected chi connectivity index (χ3v) is 3.60. The van der Waals surface area contributed by atoms with Crippen molar-refractivity contribution in [2.75, 3.05) is 19.0 Å². The molecule has 27 heavy (non-hydrogen) atoms. The van der Waals surface area contributed by atoms with Gasteiger partial charge in [-0.3, -0.25) is 9.59 Å². The van der Waals surface area contributed by atoms with Crippen molar-refractivity contribution in [3.63, 3.8) is 0 Å². The number of rotatable bonds is 7. The number of aromatic nitrogens is 2. The third kappa shape index (κ3) is 4.94. The highest BCUT2D eigenvalue weighted by atomic mass is 16.5. The fourth-order valence-corrected chi connectivity index (χ4v) is 2.33. The molecule has 0 aliphatic heterocycles. The summed E-state index contributed by atoms with van der Waals surface area (Å²) in [6.07, 6.45) is -0.0101. The first kappa shape index (κ1) is 18.2. The maximum absolute atomic E-state index is 12.0. The number of carbonyl (C=O) groups is 2. The van der Waals surface area contributed by atoms with Crippen LogP contribution in [0.2, 0.25) is 0 Å². The first-order chi connectivity index (χ1) is 13.0. The molecule has 2 heterocycles. The molecule has 2 N–H and O–H groups in total. The second-order valence-electron chi connectivity index (χ2n) is 5.74. The molecule has 0 fully saturated rings. The first-order valence-electron chi connectivity index (χ1n) is 8.13. The summed E-state index contributed by atoms with van der Waals surface area (Å²) in [7, 11) is 1.58. The highest BCUT2D eigenvalue weighted by Crippen LogP contribution is 2.24. The van der Waals surface area contributed by atoms with Crippen LogP contribution in [0.5, 0.6) is 5.75 Å². The van der Waals surface area contributed by atoms with Gasteiger partial charge in [-0.05, 0) is 19.1 Å². The van der Waals surface area contributed by atoms with Crippen molar-refractivity contribution < 1.29 is 23.4 Å². The Morgan fingerprint density at radius 3 is 2.70 bits per heavy atom. The molecule has 3 rings (SSSR count). The van der Waals surface area contributed by atoms with Gasteiger partial charge < -0.3 is 24.4 Å². The van der Waals surface area contributed by atoms with Crippen molar-refractivity contribution in [3.8, 4) is 17.1 Å². The molecule has 140 valence electrons. The Kier molecular flexibility index (Phi) is 5.50. The fourth-order valence-electron chi connectivity index (χ4n) is 2.33. The lowest BCUT2D eigenvalue weighted by Gasteiger charge is -2.03. The Labute approximate surface area is 154 Å². The third-order valence-electron chi connectivity index (χ3n) is 3.60. The molecule has 0 saturated heterocycles. The van der Waals surface area contributed by atoms with Crippen molar-refractivity contribution in [1.82, 2.24) is 15.6 Å². The summed E-state index contributed by atoms with van der Waals surface area (Å²) in [5.41, 5.74) is 1.24. The van der Waals surface area contributed by atoms with Crippen LogP contribution < -0.4 is 15.4 Å². The van der Waals surface area contributed by atoms with Crippen LogP contribution >= 0.6 is 0 Å². The Morgan fingerprint density at radius 2 is 1.96 bits per heavy atom. The van der Waals surface area contributed by atoms with Crippen molar-refractivity contribution >= 4 is 17.6 Å². The van der Waals surface area contributed by atoms with E-state index in [9.17, 15) is 9.59 Å². The van der Waals surface area contributed by atoms with Crippen LogP contribution in [0.15, 0.2) is 45.4 Å². The normalized spacial score (nSPS) is 10.4. The minimum absolute atomic E-state index is 0.0101. The molecular formula is C18H18N4O5. The summed E-state index contributed by atoms with van der Waals surface area (Å²) in [6, 6.07) is 10.6. The summed E-state index contributed by atoms with van der Waals surface area (Å²) >= 11 is 0. The number of benzene rings is 1. The van der Waals surface area contributed by atoms with E-state index in [1.54, 1.807) is 32.2 Å². The number of ether oxygens (including phenoxy) is 1. The maximum atomic E-state index is 12.0. The average Bonchev–Trinajstić information content (AvgIpc) is 3.29. The topological polar surface area (TPSA) is 119 Å². The van der Waals surface area contributed by atoms with E-state index in [-0.39, 0.29) is 18.9 Å². The predicted molar refractivity (Wildman–Crippen MR) is 95.1 cm³/mol. The molecule has 9 heteroatoms. The van der Waals surface area contributed by atoms with Crippen LogP contribution in [-0.4, -0.2) is 35.8 Å². The molecular weight excluding hydrogens is 352 g/mol. The van der Waals surface area contributed by atoms with Gasteiger partial charge in [0, 0.05) is 17.7 Å². The number of aryl methyl sites for hydroxylation is 1. The number of hydrogen-bond donors (Lipinski definition) is 2. The van der Waals surface area contributed by atoms with E-state index in [0.717, 1.165) is 5.56 Å². The standard InChI is InChI=1S/C18H18N4O5/c1-11-6-16(22-26-11)20-18(24)10-19-17(23)9-13-8-15(27-21-13)12-4-3-5-14(7-12)25-2/h3-8H,9-10H2,1-2H3,(H,19,23)(H,20,22,24). The van der Waals surface area contributed by atoms with Crippen LogP contribution in [0.1, 0.15) is 11.5 Å². The van der Waals surface area contributed by atoms with E-state index in [2.05, 4.69) is 20.9 Å². The van der Waals surface area contributed by atoms with Crippen molar-refractivity contribution in [3.05, 3.63) is 47.9 Å².